The molecule has 0 saturated carbocycles. The standard InChI is InChI=1S/C22H27ClFN3O4S/c1-16(22(29)25-2)26(15-17-7-4-5-8-20(17)24)21(28)9-6-14-27(32(3,30)31)19-12-10-18(23)11-13-19/h4-5,7-8,10-13,16H,6,9,14-15H2,1-3H3,(H,25,29)/t16-/m1/s1. The molecule has 32 heavy (non-hydrogen) atoms. The summed E-state index contributed by atoms with van der Waals surface area (Å²) in [6.45, 7) is 1.55. The van der Waals surface area contributed by atoms with E-state index in [9.17, 15) is 22.4 Å². The van der Waals surface area contributed by atoms with Gasteiger partial charge in [-0.15, -0.1) is 0 Å². The number of sulfonamides is 1. The number of nitrogens with zero attached hydrogens (tertiary/aromatic N) is 2. The van der Waals surface area contributed by atoms with Gasteiger partial charge in [0.2, 0.25) is 21.8 Å². The number of anilines is 1. The van der Waals surface area contributed by atoms with Gasteiger partial charge in [-0.2, -0.15) is 0 Å². The van der Waals surface area contributed by atoms with Gasteiger partial charge in [0.1, 0.15) is 11.9 Å². The summed E-state index contributed by atoms with van der Waals surface area (Å²) in [7, 11) is -2.13. The highest BCUT2D eigenvalue weighted by atomic mass is 35.5. The Morgan fingerprint density at radius 1 is 1.12 bits per heavy atom. The van der Waals surface area contributed by atoms with Crippen molar-refractivity contribution in [1.82, 2.24) is 10.2 Å². The number of likely N-dealkylation sites (N-methyl/N-ethyl adjacent to an activating group) is 1. The molecule has 0 unspecified atom stereocenters. The first-order valence-corrected chi connectivity index (χ1v) is 12.2. The van der Waals surface area contributed by atoms with Crippen LogP contribution in [-0.4, -0.2) is 51.0 Å². The zero-order valence-corrected chi connectivity index (χ0v) is 19.8. The van der Waals surface area contributed by atoms with Gasteiger partial charge in [0.05, 0.1) is 11.9 Å². The Hall–Kier alpha value is -2.65. The third kappa shape index (κ3) is 6.93. The number of benzene rings is 2. The van der Waals surface area contributed by atoms with Crippen molar-refractivity contribution in [2.24, 2.45) is 0 Å². The highest BCUT2D eigenvalue weighted by Gasteiger charge is 2.26. The Kier molecular flexibility index (Phi) is 9.03. The number of carbonyl (C=O) groups excluding carboxylic acids is 2. The smallest absolute Gasteiger partial charge is 0.242 e. The molecule has 1 N–H and O–H groups in total. The predicted octanol–water partition coefficient (Wildman–Crippen LogP) is 3.19. The Morgan fingerprint density at radius 2 is 1.75 bits per heavy atom. The molecule has 0 bridgehead atoms. The van der Waals surface area contributed by atoms with Crippen molar-refractivity contribution in [3.05, 3.63) is 64.9 Å². The van der Waals surface area contributed by atoms with Gasteiger partial charge in [0, 0.05) is 37.1 Å². The number of amides is 2. The summed E-state index contributed by atoms with van der Waals surface area (Å²) in [5, 5.41) is 2.97. The number of hydrogen-bond acceptors (Lipinski definition) is 4. The quantitative estimate of drug-likeness (QED) is 0.562. The minimum atomic E-state index is -3.59. The van der Waals surface area contributed by atoms with Gasteiger partial charge >= 0.3 is 0 Å². The first-order chi connectivity index (χ1) is 15.0. The van der Waals surface area contributed by atoms with Crippen LogP contribution in [0.1, 0.15) is 25.3 Å². The average molecular weight is 484 g/mol. The zero-order chi connectivity index (χ0) is 23.9. The lowest BCUT2D eigenvalue weighted by molar-refractivity contribution is -0.140. The third-order valence-corrected chi connectivity index (χ3v) is 6.43. The van der Waals surface area contributed by atoms with E-state index in [1.807, 2.05) is 0 Å². The molecule has 0 aliphatic carbocycles. The monoisotopic (exact) mass is 483 g/mol. The normalized spacial score (nSPS) is 12.2. The van der Waals surface area contributed by atoms with Gasteiger partial charge < -0.3 is 10.2 Å². The third-order valence-electron chi connectivity index (χ3n) is 4.98. The van der Waals surface area contributed by atoms with Gasteiger partial charge in [-0.3, -0.25) is 13.9 Å². The molecular formula is C22H27ClFN3O4S. The van der Waals surface area contributed by atoms with Crippen molar-refractivity contribution in [2.75, 3.05) is 24.2 Å². The summed E-state index contributed by atoms with van der Waals surface area (Å²) in [5.74, 6) is -1.23. The highest BCUT2D eigenvalue weighted by Crippen LogP contribution is 2.21. The van der Waals surface area contributed by atoms with Crippen molar-refractivity contribution in [3.8, 4) is 0 Å². The second kappa shape index (κ2) is 11.3. The minimum Gasteiger partial charge on any atom is -0.357 e. The van der Waals surface area contributed by atoms with Crippen molar-refractivity contribution >= 4 is 39.1 Å². The summed E-state index contributed by atoms with van der Waals surface area (Å²) in [4.78, 5) is 26.4. The largest absolute Gasteiger partial charge is 0.357 e. The highest BCUT2D eigenvalue weighted by molar-refractivity contribution is 7.92. The van der Waals surface area contributed by atoms with E-state index in [0.717, 1.165) is 6.26 Å². The van der Waals surface area contributed by atoms with E-state index in [1.54, 1.807) is 49.4 Å². The van der Waals surface area contributed by atoms with Crippen LogP contribution in [0.15, 0.2) is 48.5 Å². The number of rotatable bonds is 10. The van der Waals surface area contributed by atoms with Crippen molar-refractivity contribution in [1.29, 1.82) is 0 Å². The molecule has 7 nitrogen and oxygen atoms in total. The molecule has 2 rings (SSSR count). The van der Waals surface area contributed by atoms with Gasteiger partial charge in [0.15, 0.2) is 0 Å². The zero-order valence-electron chi connectivity index (χ0n) is 18.2. The van der Waals surface area contributed by atoms with Crippen molar-refractivity contribution in [2.45, 2.75) is 32.4 Å². The molecule has 2 aromatic rings. The maximum absolute atomic E-state index is 14.1. The van der Waals surface area contributed by atoms with Crippen LogP contribution in [0.5, 0.6) is 0 Å². The van der Waals surface area contributed by atoms with E-state index < -0.39 is 21.9 Å². The topological polar surface area (TPSA) is 86.8 Å². The second-order valence-corrected chi connectivity index (χ2v) is 9.66. The fraction of sp³-hybridized carbons (Fsp3) is 0.364. The second-order valence-electron chi connectivity index (χ2n) is 7.32. The summed E-state index contributed by atoms with van der Waals surface area (Å²) >= 11 is 5.88. The first kappa shape index (κ1) is 25.6. The molecule has 0 aliphatic rings. The number of carbonyl (C=O) groups is 2. The van der Waals surface area contributed by atoms with E-state index in [1.165, 1.54) is 22.3 Å². The van der Waals surface area contributed by atoms with E-state index in [-0.39, 0.29) is 43.3 Å². The minimum absolute atomic E-state index is 0.0185. The molecule has 174 valence electrons. The van der Waals surface area contributed by atoms with Gasteiger partial charge in [-0.1, -0.05) is 29.8 Å². The molecule has 1 atom stereocenters. The van der Waals surface area contributed by atoms with Crippen LogP contribution >= 0.6 is 11.6 Å². The lowest BCUT2D eigenvalue weighted by atomic mass is 10.1. The first-order valence-electron chi connectivity index (χ1n) is 10.0. The number of halogens is 2. The molecule has 0 aromatic heterocycles. The van der Waals surface area contributed by atoms with E-state index in [0.29, 0.717) is 10.7 Å². The Morgan fingerprint density at radius 3 is 2.31 bits per heavy atom. The average Bonchev–Trinajstić information content (AvgIpc) is 2.75. The Labute approximate surface area is 193 Å². The van der Waals surface area contributed by atoms with Crippen LogP contribution < -0.4 is 9.62 Å². The molecule has 0 radical (unpaired) electrons. The predicted molar refractivity (Wildman–Crippen MR) is 123 cm³/mol. The van der Waals surface area contributed by atoms with Gasteiger partial charge in [0.25, 0.3) is 0 Å². The Balaban J connectivity index is 2.14. The fourth-order valence-electron chi connectivity index (χ4n) is 3.21. The summed E-state index contributed by atoms with van der Waals surface area (Å²) in [5.41, 5.74) is 0.724. The summed E-state index contributed by atoms with van der Waals surface area (Å²) in [6.07, 6.45) is 1.28. The molecule has 0 heterocycles. The molecule has 0 aliphatic heterocycles. The molecular weight excluding hydrogens is 457 g/mol. The summed E-state index contributed by atoms with van der Waals surface area (Å²) in [6, 6.07) is 11.6. The van der Waals surface area contributed by atoms with Gasteiger partial charge in [-0.05, 0) is 43.7 Å². The molecule has 2 amide bonds. The van der Waals surface area contributed by atoms with Crippen LogP contribution in [0.2, 0.25) is 5.02 Å². The number of hydrogen-bond donors (Lipinski definition) is 1. The lowest BCUT2D eigenvalue weighted by Crippen LogP contribution is -2.47. The maximum atomic E-state index is 14.1. The van der Waals surface area contributed by atoms with Gasteiger partial charge in [-0.25, -0.2) is 12.8 Å². The van der Waals surface area contributed by atoms with Crippen LogP contribution in [0.25, 0.3) is 0 Å². The number of nitrogens with one attached hydrogen (secondary N) is 1. The Bertz CT molecular complexity index is 1050. The lowest BCUT2D eigenvalue weighted by Gasteiger charge is -2.29. The fourth-order valence-corrected chi connectivity index (χ4v) is 4.30. The van der Waals surface area contributed by atoms with E-state index >= 15 is 0 Å². The van der Waals surface area contributed by atoms with Crippen LogP contribution in [0, 0.1) is 5.82 Å². The summed E-state index contributed by atoms with van der Waals surface area (Å²) < 4.78 is 39.8. The molecule has 0 spiro atoms. The van der Waals surface area contributed by atoms with Crippen LogP contribution in [-0.2, 0) is 26.2 Å². The molecule has 10 heteroatoms. The van der Waals surface area contributed by atoms with Crippen LogP contribution in [0.3, 0.4) is 0 Å². The molecule has 2 aromatic carbocycles. The molecule has 0 saturated heterocycles. The maximum Gasteiger partial charge on any atom is 0.242 e. The molecule has 0 fully saturated rings. The van der Waals surface area contributed by atoms with E-state index in [2.05, 4.69) is 5.32 Å². The van der Waals surface area contributed by atoms with Crippen molar-refractivity contribution < 1.29 is 22.4 Å². The van der Waals surface area contributed by atoms with Crippen LogP contribution in [0.4, 0.5) is 10.1 Å². The van der Waals surface area contributed by atoms with Crippen molar-refractivity contribution in [3.63, 3.8) is 0 Å². The SMILES string of the molecule is CNC(=O)[C@@H](C)N(Cc1ccccc1F)C(=O)CCCN(c1ccc(Cl)cc1)S(C)(=O)=O. The van der Waals surface area contributed by atoms with E-state index in [4.69, 9.17) is 11.6 Å².